The molecule has 2 heterocycles. The van der Waals surface area contributed by atoms with Crippen LogP contribution < -0.4 is 16.0 Å². The van der Waals surface area contributed by atoms with Gasteiger partial charge in [-0.25, -0.2) is 14.8 Å². The summed E-state index contributed by atoms with van der Waals surface area (Å²) < 4.78 is 0. The fourth-order valence-corrected chi connectivity index (χ4v) is 5.23. The second kappa shape index (κ2) is 7.54. The first-order chi connectivity index (χ1) is 14.5. The summed E-state index contributed by atoms with van der Waals surface area (Å²) in [6.07, 6.45) is 6.59. The standard InChI is InChI=1S/C22H24ClN5O2/c23-15-7-3-5-13(11-15)18-25-17-9-2-1-8-16(17)19(26-18)24-12-14-6-4-10-22(14)20(29)27-21(30)28-22/h3,5,7,11,14H,1-2,4,6,8-10,12H2,(H,24,25,26)(H2,27,28,29,30). The lowest BCUT2D eigenvalue weighted by Gasteiger charge is -2.29. The highest BCUT2D eigenvalue weighted by molar-refractivity contribution is 6.30. The molecule has 2 fully saturated rings. The number of carbonyl (C=O) groups excluding carboxylic acids is 2. The van der Waals surface area contributed by atoms with E-state index in [0.717, 1.165) is 55.6 Å². The molecule has 2 aromatic rings. The van der Waals surface area contributed by atoms with Gasteiger partial charge in [-0.1, -0.05) is 30.2 Å². The molecule has 5 rings (SSSR count). The maximum atomic E-state index is 12.5. The Bertz CT molecular complexity index is 1030. The number of amides is 3. The van der Waals surface area contributed by atoms with Crippen LogP contribution in [0.5, 0.6) is 0 Å². The summed E-state index contributed by atoms with van der Waals surface area (Å²) in [5, 5.41) is 9.46. The van der Waals surface area contributed by atoms with E-state index in [0.29, 0.717) is 23.8 Å². The van der Waals surface area contributed by atoms with Crippen LogP contribution in [0.1, 0.15) is 43.4 Å². The number of anilines is 1. The van der Waals surface area contributed by atoms with E-state index < -0.39 is 11.6 Å². The third kappa shape index (κ3) is 3.31. The molecular weight excluding hydrogens is 402 g/mol. The first-order valence-electron chi connectivity index (χ1n) is 10.6. The molecule has 0 radical (unpaired) electrons. The molecule has 1 saturated carbocycles. The molecule has 2 atom stereocenters. The zero-order chi connectivity index (χ0) is 20.7. The van der Waals surface area contributed by atoms with Crippen LogP contribution in [0.15, 0.2) is 24.3 Å². The molecule has 1 saturated heterocycles. The van der Waals surface area contributed by atoms with Crippen molar-refractivity contribution in [1.29, 1.82) is 0 Å². The minimum atomic E-state index is -0.799. The van der Waals surface area contributed by atoms with Gasteiger partial charge in [-0.05, 0) is 50.7 Å². The Morgan fingerprint density at radius 1 is 1.17 bits per heavy atom. The Labute approximate surface area is 180 Å². The van der Waals surface area contributed by atoms with Gasteiger partial charge in [-0.3, -0.25) is 10.1 Å². The fraction of sp³-hybridized carbons (Fsp3) is 0.455. The molecule has 30 heavy (non-hydrogen) atoms. The van der Waals surface area contributed by atoms with Crippen LogP contribution >= 0.6 is 11.6 Å². The second-order valence-electron chi connectivity index (χ2n) is 8.39. The predicted molar refractivity (Wildman–Crippen MR) is 114 cm³/mol. The van der Waals surface area contributed by atoms with E-state index in [2.05, 4.69) is 16.0 Å². The van der Waals surface area contributed by atoms with Gasteiger partial charge < -0.3 is 10.6 Å². The molecule has 1 aromatic carbocycles. The van der Waals surface area contributed by atoms with Crippen molar-refractivity contribution in [2.45, 2.75) is 50.5 Å². The van der Waals surface area contributed by atoms with Gasteiger partial charge in [0.25, 0.3) is 5.91 Å². The quantitative estimate of drug-likeness (QED) is 0.652. The van der Waals surface area contributed by atoms with Crippen molar-refractivity contribution in [3.8, 4) is 11.4 Å². The van der Waals surface area contributed by atoms with Crippen molar-refractivity contribution >= 4 is 29.4 Å². The third-order valence-electron chi connectivity index (χ3n) is 6.57. The van der Waals surface area contributed by atoms with Crippen molar-refractivity contribution in [3.05, 3.63) is 40.5 Å². The molecule has 3 N–H and O–H groups in total. The zero-order valence-corrected chi connectivity index (χ0v) is 17.4. The number of halogens is 1. The van der Waals surface area contributed by atoms with Gasteiger partial charge in [0.2, 0.25) is 0 Å². The third-order valence-corrected chi connectivity index (χ3v) is 6.81. The van der Waals surface area contributed by atoms with E-state index in [-0.39, 0.29) is 11.8 Å². The van der Waals surface area contributed by atoms with Gasteiger partial charge in [-0.2, -0.15) is 0 Å². The number of nitrogens with zero attached hydrogens (tertiary/aromatic N) is 2. The number of aromatic nitrogens is 2. The van der Waals surface area contributed by atoms with Crippen LogP contribution in [0.25, 0.3) is 11.4 Å². The Morgan fingerprint density at radius 3 is 2.83 bits per heavy atom. The molecule has 1 aromatic heterocycles. The number of rotatable bonds is 4. The van der Waals surface area contributed by atoms with E-state index in [1.165, 1.54) is 5.56 Å². The number of fused-ring (bicyclic) bond motifs is 1. The molecule has 3 aliphatic rings. The van der Waals surface area contributed by atoms with Crippen molar-refractivity contribution in [2.75, 3.05) is 11.9 Å². The van der Waals surface area contributed by atoms with Crippen molar-refractivity contribution < 1.29 is 9.59 Å². The van der Waals surface area contributed by atoms with Crippen molar-refractivity contribution in [1.82, 2.24) is 20.6 Å². The smallest absolute Gasteiger partial charge is 0.322 e. The lowest BCUT2D eigenvalue weighted by atomic mass is 9.87. The van der Waals surface area contributed by atoms with Gasteiger partial charge in [-0.15, -0.1) is 0 Å². The molecule has 8 heteroatoms. The summed E-state index contributed by atoms with van der Waals surface area (Å²) in [5.74, 6) is 1.31. The summed E-state index contributed by atoms with van der Waals surface area (Å²) in [5.41, 5.74) is 2.34. The molecule has 7 nitrogen and oxygen atoms in total. The highest BCUT2D eigenvalue weighted by Crippen LogP contribution is 2.38. The minimum Gasteiger partial charge on any atom is -0.369 e. The molecular formula is C22H24ClN5O2. The molecule has 1 aliphatic heterocycles. The summed E-state index contributed by atoms with van der Waals surface area (Å²) in [6, 6.07) is 7.18. The van der Waals surface area contributed by atoms with Crippen LogP contribution in [0.3, 0.4) is 0 Å². The Hall–Kier alpha value is -2.67. The zero-order valence-electron chi connectivity index (χ0n) is 16.6. The molecule has 156 valence electrons. The van der Waals surface area contributed by atoms with E-state index in [1.807, 2.05) is 24.3 Å². The number of imide groups is 1. The molecule has 2 unspecified atom stereocenters. The number of urea groups is 1. The topological polar surface area (TPSA) is 96.0 Å². The maximum Gasteiger partial charge on any atom is 0.322 e. The maximum absolute atomic E-state index is 12.5. The van der Waals surface area contributed by atoms with Crippen LogP contribution in [0, 0.1) is 5.92 Å². The number of nitrogens with one attached hydrogen (secondary N) is 3. The summed E-state index contributed by atoms with van der Waals surface area (Å²) in [4.78, 5) is 33.9. The Balaban J connectivity index is 1.44. The lowest BCUT2D eigenvalue weighted by Crippen LogP contribution is -2.51. The van der Waals surface area contributed by atoms with Crippen molar-refractivity contribution in [2.24, 2.45) is 5.92 Å². The van der Waals surface area contributed by atoms with E-state index >= 15 is 0 Å². The SMILES string of the molecule is O=C1NC(=O)C2(CCCC2CNc2nc(-c3cccc(Cl)c3)nc3c2CCCC3)N1. The van der Waals surface area contributed by atoms with E-state index in [1.54, 1.807) is 0 Å². The monoisotopic (exact) mass is 425 g/mol. The van der Waals surface area contributed by atoms with Crippen LogP contribution in [0.2, 0.25) is 5.02 Å². The highest BCUT2D eigenvalue weighted by Gasteiger charge is 2.54. The van der Waals surface area contributed by atoms with E-state index in [9.17, 15) is 9.59 Å². The number of carbonyl (C=O) groups is 2. The van der Waals surface area contributed by atoms with Gasteiger partial charge in [0.1, 0.15) is 11.4 Å². The van der Waals surface area contributed by atoms with Gasteiger partial charge >= 0.3 is 6.03 Å². The number of aryl methyl sites for hydroxylation is 1. The Morgan fingerprint density at radius 2 is 2.03 bits per heavy atom. The van der Waals surface area contributed by atoms with Crippen LogP contribution in [-0.2, 0) is 17.6 Å². The van der Waals surface area contributed by atoms with Gasteiger partial charge in [0.15, 0.2) is 5.82 Å². The van der Waals surface area contributed by atoms with E-state index in [4.69, 9.17) is 21.6 Å². The van der Waals surface area contributed by atoms with Crippen LogP contribution in [0.4, 0.5) is 10.6 Å². The van der Waals surface area contributed by atoms with Crippen molar-refractivity contribution in [3.63, 3.8) is 0 Å². The van der Waals surface area contributed by atoms with Gasteiger partial charge in [0.05, 0.1) is 0 Å². The first kappa shape index (κ1) is 19.3. The summed E-state index contributed by atoms with van der Waals surface area (Å²) in [6.45, 7) is 0.576. The first-order valence-corrected chi connectivity index (χ1v) is 11.0. The fourth-order valence-electron chi connectivity index (χ4n) is 5.04. The van der Waals surface area contributed by atoms with Crippen LogP contribution in [-0.4, -0.2) is 34.0 Å². The minimum absolute atomic E-state index is 0.0211. The summed E-state index contributed by atoms with van der Waals surface area (Å²) in [7, 11) is 0. The highest BCUT2D eigenvalue weighted by atomic mass is 35.5. The molecule has 3 amide bonds. The average molecular weight is 426 g/mol. The average Bonchev–Trinajstić information content (AvgIpc) is 3.28. The second-order valence-corrected chi connectivity index (χ2v) is 8.82. The number of hydrogen-bond donors (Lipinski definition) is 3. The number of hydrogen-bond acceptors (Lipinski definition) is 5. The molecule has 0 bridgehead atoms. The van der Waals surface area contributed by atoms with Gasteiger partial charge in [0, 0.05) is 34.3 Å². The summed E-state index contributed by atoms with van der Waals surface area (Å²) >= 11 is 6.18. The predicted octanol–water partition coefficient (Wildman–Crippen LogP) is 3.47. The molecule has 2 aliphatic carbocycles. The normalized spacial score (nSPS) is 25.2. The largest absolute Gasteiger partial charge is 0.369 e. The molecule has 1 spiro atoms. The lowest BCUT2D eigenvalue weighted by molar-refractivity contribution is -0.125. The Kier molecular flexibility index (Phi) is 4.85. The number of benzene rings is 1.